The van der Waals surface area contributed by atoms with Crippen LogP contribution < -0.4 is 9.62 Å². The Hall–Kier alpha value is -2.41. The number of amides is 1. The largest absolute Gasteiger partial charge is 0.348 e. The monoisotopic (exact) mass is 348 g/mol. The standard InChI is InChI=1S/C17H17FN2O3S/c1-24(22,23)20-9-8-13-10-14(4-7-16(13)20)17(21)19-11-12-2-5-15(18)6-3-12/h2-7,10H,8-9,11H2,1H3,(H,19,21). The lowest BCUT2D eigenvalue weighted by molar-refractivity contribution is 0.0951. The SMILES string of the molecule is CS(=O)(=O)N1CCc2cc(C(=O)NCc3ccc(F)cc3)ccc21. The number of halogens is 1. The highest BCUT2D eigenvalue weighted by atomic mass is 32.2. The second-order valence-corrected chi connectivity index (χ2v) is 7.64. The summed E-state index contributed by atoms with van der Waals surface area (Å²) in [5, 5.41) is 2.77. The third kappa shape index (κ3) is 3.41. The third-order valence-corrected chi connectivity index (χ3v) is 5.14. The topological polar surface area (TPSA) is 66.5 Å². The lowest BCUT2D eigenvalue weighted by atomic mass is 10.1. The van der Waals surface area contributed by atoms with E-state index in [4.69, 9.17) is 0 Å². The molecule has 0 aliphatic carbocycles. The molecule has 0 fully saturated rings. The van der Waals surface area contributed by atoms with Crippen molar-refractivity contribution in [1.82, 2.24) is 5.32 Å². The van der Waals surface area contributed by atoms with Crippen LogP contribution in [0.15, 0.2) is 42.5 Å². The van der Waals surface area contributed by atoms with Crippen LogP contribution in [0.4, 0.5) is 10.1 Å². The molecular weight excluding hydrogens is 331 g/mol. The number of nitrogens with one attached hydrogen (secondary N) is 1. The molecule has 0 saturated heterocycles. The van der Waals surface area contributed by atoms with Crippen molar-refractivity contribution in [2.45, 2.75) is 13.0 Å². The van der Waals surface area contributed by atoms with E-state index < -0.39 is 10.0 Å². The Morgan fingerprint density at radius 3 is 2.58 bits per heavy atom. The maximum Gasteiger partial charge on any atom is 0.251 e. The van der Waals surface area contributed by atoms with Crippen LogP contribution in [0.5, 0.6) is 0 Å². The molecule has 0 unspecified atom stereocenters. The maximum atomic E-state index is 12.9. The molecule has 0 spiro atoms. The van der Waals surface area contributed by atoms with Crippen LogP contribution in [0.25, 0.3) is 0 Å². The van der Waals surface area contributed by atoms with Gasteiger partial charge in [-0.25, -0.2) is 12.8 Å². The number of sulfonamides is 1. The highest BCUT2D eigenvalue weighted by Gasteiger charge is 2.26. The fraction of sp³-hybridized carbons (Fsp3) is 0.235. The number of rotatable bonds is 4. The Kier molecular flexibility index (Phi) is 4.28. The first-order valence-corrected chi connectivity index (χ1v) is 9.33. The lowest BCUT2D eigenvalue weighted by Crippen LogP contribution is -2.27. The van der Waals surface area contributed by atoms with Crippen LogP contribution in [0.1, 0.15) is 21.5 Å². The Morgan fingerprint density at radius 1 is 1.21 bits per heavy atom. The minimum Gasteiger partial charge on any atom is -0.348 e. The van der Waals surface area contributed by atoms with E-state index in [1.807, 2.05) is 0 Å². The molecule has 1 amide bonds. The van der Waals surface area contributed by atoms with E-state index in [1.54, 1.807) is 30.3 Å². The van der Waals surface area contributed by atoms with Crippen LogP contribution in [0.2, 0.25) is 0 Å². The first-order chi connectivity index (χ1) is 11.3. The Morgan fingerprint density at radius 2 is 1.92 bits per heavy atom. The molecule has 1 aliphatic heterocycles. The van der Waals surface area contributed by atoms with Gasteiger partial charge in [0.2, 0.25) is 10.0 Å². The molecule has 1 aliphatic rings. The normalized spacial score (nSPS) is 13.7. The van der Waals surface area contributed by atoms with Gasteiger partial charge in [0.25, 0.3) is 5.91 Å². The number of benzene rings is 2. The maximum absolute atomic E-state index is 12.9. The highest BCUT2D eigenvalue weighted by molar-refractivity contribution is 7.92. The van der Waals surface area contributed by atoms with E-state index >= 15 is 0 Å². The summed E-state index contributed by atoms with van der Waals surface area (Å²) in [6, 6.07) is 10.9. The fourth-order valence-electron chi connectivity index (χ4n) is 2.74. The van der Waals surface area contributed by atoms with Crippen molar-refractivity contribution in [3.63, 3.8) is 0 Å². The molecule has 1 N–H and O–H groups in total. The number of carbonyl (C=O) groups is 1. The molecule has 3 rings (SSSR count). The predicted molar refractivity (Wildman–Crippen MR) is 89.9 cm³/mol. The van der Waals surface area contributed by atoms with Crippen molar-refractivity contribution < 1.29 is 17.6 Å². The zero-order chi connectivity index (χ0) is 17.3. The second kappa shape index (κ2) is 6.24. The lowest BCUT2D eigenvalue weighted by Gasteiger charge is -2.16. The van der Waals surface area contributed by atoms with E-state index in [0.717, 1.165) is 11.1 Å². The molecular formula is C17H17FN2O3S. The fourth-order valence-corrected chi connectivity index (χ4v) is 3.70. The molecule has 2 aromatic carbocycles. The van der Waals surface area contributed by atoms with Gasteiger partial charge in [0.15, 0.2) is 0 Å². The smallest absolute Gasteiger partial charge is 0.251 e. The van der Waals surface area contributed by atoms with Gasteiger partial charge >= 0.3 is 0 Å². The van der Waals surface area contributed by atoms with Crippen LogP contribution >= 0.6 is 0 Å². The summed E-state index contributed by atoms with van der Waals surface area (Å²) in [7, 11) is -3.30. The highest BCUT2D eigenvalue weighted by Crippen LogP contribution is 2.30. The van der Waals surface area contributed by atoms with Gasteiger partial charge in [0.05, 0.1) is 11.9 Å². The van der Waals surface area contributed by atoms with Crippen LogP contribution in [0.3, 0.4) is 0 Å². The second-order valence-electron chi connectivity index (χ2n) is 5.74. The molecule has 0 saturated carbocycles. The summed E-state index contributed by atoms with van der Waals surface area (Å²) in [6.45, 7) is 0.695. The van der Waals surface area contributed by atoms with Crippen molar-refractivity contribution in [3.8, 4) is 0 Å². The van der Waals surface area contributed by atoms with Gasteiger partial charge < -0.3 is 5.32 Å². The van der Waals surface area contributed by atoms with E-state index in [-0.39, 0.29) is 11.7 Å². The van der Waals surface area contributed by atoms with Gasteiger partial charge in [-0.3, -0.25) is 9.10 Å². The molecule has 5 nitrogen and oxygen atoms in total. The Balaban J connectivity index is 1.72. The summed E-state index contributed by atoms with van der Waals surface area (Å²) in [5.74, 6) is -0.570. The summed E-state index contributed by atoms with van der Waals surface area (Å²) in [5.41, 5.74) is 2.75. The van der Waals surface area contributed by atoms with Gasteiger partial charge in [0, 0.05) is 18.7 Å². The molecule has 0 radical (unpaired) electrons. The number of hydrogen-bond acceptors (Lipinski definition) is 3. The molecule has 7 heteroatoms. The Bertz CT molecular complexity index is 879. The van der Waals surface area contributed by atoms with E-state index in [0.29, 0.717) is 30.8 Å². The van der Waals surface area contributed by atoms with E-state index in [2.05, 4.69) is 5.32 Å². The van der Waals surface area contributed by atoms with Gasteiger partial charge in [-0.2, -0.15) is 0 Å². The summed E-state index contributed by atoms with van der Waals surface area (Å²) in [6.07, 6.45) is 1.76. The quantitative estimate of drug-likeness (QED) is 0.920. The molecule has 24 heavy (non-hydrogen) atoms. The number of carbonyl (C=O) groups excluding carboxylic acids is 1. The molecule has 126 valence electrons. The molecule has 2 aromatic rings. The first-order valence-electron chi connectivity index (χ1n) is 7.48. The first kappa shape index (κ1) is 16.4. The van der Waals surface area contributed by atoms with Crippen molar-refractivity contribution in [1.29, 1.82) is 0 Å². The molecule has 1 heterocycles. The van der Waals surface area contributed by atoms with Crippen LogP contribution in [0, 0.1) is 5.82 Å². The van der Waals surface area contributed by atoms with Gasteiger partial charge in [-0.15, -0.1) is 0 Å². The van der Waals surface area contributed by atoms with Crippen LogP contribution in [-0.2, 0) is 23.0 Å². The molecule has 0 atom stereocenters. The zero-order valence-corrected chi connectivity index (χ0v) is 13.9. The van der Waals surface area contributed by atoms with E-state index in [9.17, 15) is 17.6 Å². The Labute approximate surface area is 140 Å². The van der Waals surface area contributed by atoms with Crippen LogP contribution in [-0.4, -0.2) is 27.1 Å². The van der Waals surface area contributed by atoms with Crippen molar-refractivity contribution in [2.75, 3.05) is 17.1 Å². The van der Waals surface area contributed by atoms with Gasteiger partial charge in [0.1, 0.15) is 5.82 Å². The average Bonchev–Trinajstić information content (AvgIpc) is 2.97. The summed E-state index contributed by atoms with van der Waals surface area (Å²) in [4.78, 5) is 12.2. The third-order valence-electron chi connectivity index (χ3n) is 3.96. The summed E-state index contributed by atoms with van der Waals surface area (Å²) < 4.78 is 37.6. The number of nitrogens with zero attached hydrogens (tertiary/aromatic N) is 1. The van der Waals surface area contributed by atoms with Crippen molar-refractivity contribution in [3.05, 3.63) is 65.0 Å². The minimum atomic E-state index is -3.30. The predicted octanol–water partition coefficient (Wildman–Crippen LogP) is 2.08. The number of anilines is 1. The summed E-state index contributed by atoms with van der Waals surface area (Å²) >= 11 is 0. The molecule has 0 bridgehead atoms. The average molecular weight is 348 g/mol. The van der Waals surface area contributed by atoms with Crippen molar-refractivity contribution >= 4 is 21.6 Å². The van der Waals surface area contributed by atoms with Gasteiger partial charge in [-0.1, -0.05) is 12.1 Å². The zero-order valence-electron chi connectivity index (χ0n) is 13.1. The number of fused-ring (bicyclic) bond motifs is 1. The number of hydrogen-bond donors (Lipinski definition) is 1. The van der Waals surface area contributed by atoms with Gasteiger partial charge in [-0.05, 0) is 47.9 Å². The molecule has 0 aromatic heterocycles. The van der Waals surface area contributed by atoms with Crippen molar-refractivity contribution in [2.24, 2.45) is 0 Å². The minimum absolute atomic E-state index is 0.250. The van der Waals surface area contributed by atoms with E-state index in [1.165, 1.54) is 22.7 Å².